The molecule has 0 radical (unpaired) electrons. The zero-order valence-corrected chi connectivity index (χ0v) is 14.5. The van der Waals surface area contributed by atoms with Gasteiger partial charge in [-0.1, -0.05) is 30.3 Å². The SMILES string of the molecule is Cc1cc([C@H]2C[C@H]2C(F)(F)F)ccc1C(=O)Nc1cnc2ccccc2c1. The molecule has 3 aromatic rings. The largest absolute Gasteiger partial charge is 0.392 e. The fourth-order valence-electron chi connectivity index (χ4n) is 3.44. The van der Waals surface area contributed by atoms with Crippen molar-refractivity contribution in [3.63, 3.8) is 0 Å². The number of carbonyl (C=O) groups is 1. The second-order valence-electron chi connectivity index (χ2n) is 6.94. The van der Waals surface area contributed by atoms with Gasteiger partial charge in [0.15, 0.2) is 0 Å². The van der Waals surface area contributed by atoms with Gasteiger partial charge < -0.3 is 5.32 Å². The molecule has 1 heterocycles. The monoisotopic (exact) mass is 370 g/mol. The maximum atomic E-state index is 12.8. The maximum Gasteiger partial charge on any atom is 0.392 e. The first-order valence-corrected chi connectivity index (χ1v) is 8.66. The Bertz CT molecular complexity index is 1030. The predicted molar refractivity (Wildman–Crippen MR) is 97.8 cm³/mol. The van der Waals surface area contributed by atoms with E-state index in [1.54, 1.807) is 31.3 Å². The Balaban J connectivity index is 1.52. The average Bonchev–Trinajstić information content (AvgIpc) is 3.42. The van der Waals surface area contributed by atoms with Gasteiger partial charge in [-0.3, -0.25) is 9.78 Å². The Kier molecular flexibility index (Phi) is 4.13. The number of nitrogens with one attached hydrogen (secondary N) is 1. The molecule has 2 aromatic carbocycles. The second-order valence-corrected chi connectivity index (χ2v) is 6.94. The number of hydrogen-bond donors (Lipinski definition) is 1. The number of pyridine rings is 1. The lowest BCUT2D eigenvalue weighted by molar-refractivity contribution is -0.148. The summed E-state index contributed by atoms with van der Waals surface area (Å²) in [5.74, 6) is -2.06. The van der Waals surface area contributed by atoms with Gasteiger partial charge >= 0.3 is 6.18 Å². The zero-order valence-electron chi connectivity index (χ0n) is 14.5. The minimum atomic E-state index is -4.16. The van der Waals surface area contributed by atoms with E-state index in [0.717, 1.165) is 10.9 Å². The number of alkyl halides is 3. The van der Waals surface area contributed by atoms with Crippen molar-refractivity contribution in [3.05, 3.63) is 71.4 Å². The number of carbonyl (C=O) groups excluding carboxylic acids is 1. The van der Waals surface area contributed by atoms with Crippen molar-refractivity contribution >= 4 is 22.5 Å². The number of rotatable bonds is 3. The van der Waals surface area contributed by atoms with E-state index >= 15 is 0 Å². The normalized spacial score (nSPS) is 19.1. The topological polar surface area (TPSA) is 42.0 Å². The van der Waals surface area contributed by atoms with E-state index in [9.17, 15) is 18.0 Å². The van der Waals surface area contributed by atoms with Crippen molar-refractivity contribution in [2.24, 2.45) is 5.92 Å². The van der Waals surface area contributed by atoms with E-state index in [4.69, 9.17) is 0 Å². The molecule has 0 saturated heterocycles. The summed E-state index contributed by atoms with van der Waals surface area (Å²) in [6.45, 7) is 1.74. The van der Waals surface area contributed by atoms with Crippen LogP contribution >= 0.6 is 0 Å². The third kappa shape index (κ3) is 3.52. The van der Waals surface area contributed by atoms with Crippen LogP contribution in [0.4, 0.5) is 18.9 Å². The summed E-state index contributed by atoms with van der Waals surface area (Å²) in [4.78, 5) is 16.9. The highest BCUT2D eigenvalue weighted by atomic mass is 19.4. The molecule has 0 spiro atoms. The molecule has 4 rings (SSSR count). The number of amides is 1. The highest BCUT2D eigenvalue weighted by molar-refractivity contribution is 6.05. The molecule has 27 heavy (non-hydrogen) atoms. The first kappa shape index (κ1) is 17.5. The van der Waals surface area contributed by atoms with Gasteiger partial charge in [0.1, 0.15) is 0 Å². The molecule has 1 amide bonds. The van der Waals surface area contributed by atoms with Crippen molar-refractivity contribution in [1.82, 2.24) is 4.98 Å². The van der Waals surface area contributed by atoms with Crippen LogP contribution in [0.25, 0.3) is 10.9 Å². The van der Waals surface area contributed by atoms with Crippen LogP contribution in [0.15, 0.2) is 54.7 Å². The van der Waals surface area contributed by atoms with Crippen LogP contribution in [0.2, 0.25) is 0 Å². The van der Waals surface area contributed by atoms with Gasteiger partial charge in [0.25, 0.3) is 5.91 Å². The maximum absolute atomic E-state index is 12.8. The summed E-state index contributed by atoms with van der Waals surface area (Å²) in [5, 5.41) is 3.72. The van der Waals surface area contributed by atoms with Gasteiger partial charge in [0.05, 0.1) is 23.3 Å². The van der Waals surface area contributed by atoms with Crippen LogP contribution in [0.3, 0.4) is 0 Å². The third-order valence-corrected chi connectivity index (χ3v) is 4.98. The van der Waals surface area contributed by atoms with Crippen LogP contribution in [-0.4, -0.2) is 17.1 Å². The summed E-state index contributed by atoms with van der Waals surface area (Å²) in [6, 6.07) is 14.3. The van der Waals surface area contributed by atoms with E-state index in [2.05, 4.69) is 10.3 Å². The number of para-hydroxylation sites is 1. The number of fused-ring (bicyclic) bond motifs is 1. The highest BCUT2D eigenvalue weighted by Crippen LogP contribution is 2.56. The summed E-state index contributed by atoms with van der Waals surface area (Å²) in [5.41, 5.74) is 3.14. The van der Waals surface area contributed by atoms with E-state index in [1.807, 2.05) is 30.3 Å². The summed E-state index contributed by atoms with van der Waals surface area (Å²) >= 11 is 0. The number of hydrogen-bond acceptors (Lipinski definition) is 2. The van der Waals surface area contributed by atoms with Crippen LogP contribution in [0, 0.1) is 12.8 Å². The molecule has 138 valence electrons. The smallest absolute Gasteiger partial charge is 0.321 e. The minimum absolute atomic E-state index is 0.122. The summed E-state index contributed by atoms with van der Waals surface area (Å²) < 4.78 is 38.3. The molecule has 0 aliphatic heterocycles. The lowest BCUT2D eigenvalue weighted by atomic mass is 10.0. The summed E-state index contributed by atoms with van der Waals surface area (Å²) in [7, 11) is 0. The van der Waals surface area contributed by atoms with Gasteiger partial charge in [-0.05, 0) is 48.6 Å². The highest BCUT2D eigenvalue weighted by Gasteiger charge is 2.56. The van der Waals surface area contributed by atoms with Crippen molar-refractivity contribution < 1.29 is 18.0 Å². The first-order valence-electron chi connectivity index (χ1n) is 8.66. The lowest BCUT2D eigenvalue weighted by Gasteiger charge is -2.11. The number of aromatic nitrogens is 1. The minimum Gasteiger partial charge on any atom is -0.321 e. The van der Waals surface area contributed by atoms with Crippen LogP contribution in [-0.2, 0) is 0 Å². The van der Waals surface area contributed by atoms with Crippen LogP contribution in [0.1, 0.15) is 33.8 Å². The molecule has 6 heteroatoms. The van der Waals surface area contributed by atoms with E-state index in [1.165, 1.54) is 0 Å². The lowest BCUT2D eigenvalue weighted by Crippen LogP contribution is -2.14. The predicted octanol–water partition coefficient (Wildman–Crippen LogP) is 5.46. The zero-order chi connectivity index (χ0) is 19.2. The average molecular weight is 370 g/mol. The molecule has 3 nitrogen and oxygen atoms in total. The Morgan fingerprint density at radius 1 is 1.15 bits per heavy atom. The van der Waals surface area contributed by atoms with Crippen molar-refractivity contribution in [2.75, 3.05) is 5.32 Å². The number of nitrogens with zero attached hydrogens (tertiary/aromatic N) is 1. The Hall–Kier alpha value is -2.89. The molecular weight excluding hydrogens is 353 g/mol. The van der Waals surface area contributed by atoms with Gasteiger partial charge in [-0.2, -0.15) is 13.2 Å². The molecule has 1 fully saturated rings. The molecule has 1 aromatic heterocycles. The van der Waals surface area contributed by atoms with E-state index in [0.29, 0.717) is 22.4 Å². The Morgan fingerprint density at radius 2 is 1.93 bits per heavy atom. The van der Waals surface area contributed by atoms with Gasteiger partial charge in [0, 0.05) is 10.9 Å². The van der Waals surface area contributed by atoms with Gasteiger partial charge in [-0.15, -0.1) is 0 Å². The fourth-order valence-corrected chi connectivity index (χ4v) is 3.44. The number of halogens is 3. The number of aryl methyl sites for hydroxylation is 1. The van der Waals surface area contributed by atoms with Gasteiger partial charge in [0.2, 0.25) is 0 Å². The molecular formula is C21H17F3N2O. The van der Waals surface area contributed by atoms with Crippen LogP contribution in [0.5, 0.6) is 0 Å². The molecule has 0 bridgehead atoms. The molecule has 1 aliphatic rings. The third-order valence-electron chi connectivity index (χ3n) is 4.98. The van der Waals surface area contributed by atoms with Crippen LogP contribution < -0.4 is 5.32 Å². The van der Waals surface area contributed by atoms with E-state index < -0.39 is 18.0 Å². The quantitative estimate of drug-likeness (QED) is 0.665. The molecule has 1 saturated carbocycles. The second kappa shape index (κ2) is 6.37. The van der Waals surface area contributed by atoms with Gasteiger partial charge in [-0.25, -0.2) is 0 Å². The standard InChI is InChI=1S/C21H17F3N2O/c1-12-8-13(17-10-18(17)21(22,23)24)6-7-16(12)20(27)26-15-9-14-4-2-3-5-19(14)25-11-15/h2-9,11,17-18H,10H2,1H3,(H,26,27)/t17-,18-/m1/s1. The molecule has 1 aliphatic carbocycles. The number of anilines is 1. The van der Waals surface area contributed by atoms with E-state index in [-0.39, 0.29) is 12.3 Å². The molecule has 2 atom stereocenters. The Morgan fingerprint density at radius 3 is 2.63 bits per heavy atom. The Labute approximate surface area is 154 Å². The van der Waals surface area contributed by atoms with Crippen molar-refractivity contribution in [3.8, 4) is 0 Å². The molecule has 1 N–H and O–H groups in total. The molecule has 0 unspecified atom stereocenters. The van der Waals surface area contributed by atoms with Crippen molar-refractivity contribution in [1.29, 1.82) is 0 Å². The van der Waals surface area contributed by atoms with Crippen molar-refractivity contribution in [2.45, 2.75) is 25.4 Å². The fraction of sp³-hybridized carbons (Fsp3) is 0.238. The number of benzene rings is 2. The first-order chi connectivity index (χ1) is 12.8. The summed E-state index contributed by atoms with van der Waals surface area (Å²) in [6.07, 6.45) is -2.45.